The van der Waals surface area contributed by atoms with E-state index in [1.807, 2.05) is 0 Å². The Hall–Kier alpha value is -2.70. The van der Waals surface area contributed by atoms with Crippen LogP contribution in [0.1, 0.15) is 34.6 Å². The molecule has 0 saturated heterocycles. The Labute approximate surface area is 146 Å². The van der Waals surface area contributed by atoms with E-state index in [2.05, 4.69) is 5.32 Å². The molecule has 1 unspecified atom stereocenters. The largest absolute Gasteiger partial charge is 0.399 e. The van der Waals surface area contributed by atoms with Gasteiger partial charge in [0.25, 0.3) is 5.91 Å². The monoisotopic (exact) mass is 342 g/mol. The van der Waals surface area contributed by atoms with Gasteiger partial charge in [-0.25, -0.2) is 0 Å². The van der Waals surface area contributed by atoms with E-state index in [0.29, 0.717) is 16.9 Å². The fourth-order valence-electron chi connectivity index (χ4n) is 2.20. The average molecular weight is 342 g/mol. The van der Waals surface area contributed by atoms with E-state index in [1.54, 1.807) is 38.1 Å². The van der Waals surface area contributed by atoms with Crippen LogP contribution in [0.4, 0.5) is 11.4 Å². The number of carbonyl (C=O) groups is 2. The molecule has 1 amide bonds. The number of nitrogens with two attached hydrogens (primary N) is 1. The van der Waals surface area contributed by atoms with Crippen molar-refractivity contribution in [2.45, 2.75) is 20.0 Å². The Morgan fingerprint density at radius 1 is 1.12 bits per heavy atom. The zero-order valence-electron chi connectivity index (χ0n) is 14.2. The van der Waals surface area contributed by atoms with Crippen LogP contribution in [-0.4, -0.2) is 34.6 Å². The fourth-order valence-corrected chi connectivity index (χ4v) is 2.20. The number of ketones is 1. The minimum Gasteiger partial charge on any atom is -0.399 e. The molecule has 0 spiro atoms. The second-order valence-electron chi connectivity index (χ2n) is 6.57. The van der Waals surface area contributed by atoms with Gasteiger partial charge in [0.2, 0.25) is 0 Å². The molecule has 0 fully saturated rings. The van der Waals surface area contributed by atoms with Crippen LogP contribution in [0.25, 0.3) is 0 Å². The normalized spacial score (nSPS) is 12.5. The van der Waals surface area contributed by atoms with Gasteiger partial charge in [-0.2, -0.15) is 0 Å². The van der Waals surface area contributed by atoms with Crippen LogP contribution in [0, 0.1) is 5.41 Å². The van der Waals surface area contributed by atoms with Crippen molar-refractivity contribution in [3.05, 3.63) is 59.7 Å². The van der Waals surface area contributed by atoms with Crippen molar-refractivity contribution in [3.8, 4) is 0 Å². The molecule has 0 bridgehead atoms. The van der Waals surface area contributed by atoms with Gasteiger partial charge in [0, 0.05) is 27.9 Å². The average Bonchev–Trinajstić information content (AvgIpc) is 2.60. The topological polar surface area (TPSA) is 113 Å². The lowest BCUT2D eigenvalue weighted by atomic mass is 9.83. The van der Waals surface area contributed by atoms with Crippen LogP contribution in [0.5, 0.6) is 0 Å². The summed E-state index contributed by atoms with van der Waals surface area (Å²) >= 11 is 0. The summed E-state index contributed by atoms with van der Waals surface area (Å²) in [5.74, 6) is -0.831. The van der Waals surface area contributed by atoms with Gasteiger partial charge in [0.05, 0.1) is 6.61 Å². The number of hydrogen-bond acceptors (Lipinski definition) is 5. The summed E-state index contributed by atoms with van der Waals surface area (Å²) in [6, 6.07) is 12.8. The third-order valence-electron chi connectivity index (χ3n) is 3.97. The predicted octanol–water partition coefficient (Wildman–Crippen LogP) is 2.08. The zero-order valence-corrected chi connectivity index (χ0v) is 14.2. The number of nitrogens with one attached hydrogen (secondary N) is 1. The van der Waals surface area contributed by atoms with Gasteiger partial charge in [-0.15, -0.1) is 0 Å². The molecule has 0 radical (unpaired) electrons. The SMILES string of the molecule is CC(C)(CO)C(O)C(=O)c1ccc(C(=O)Nc2cccc(N)c2)cc1. The van der Waals surface area contributed by atoms with Gasteiger partial charge in [0.15, 0.2) is 5.78 Å². The molecule has 0 aliphatic rings. The number of anilines is 2. The van der Waals surface area contributed by atoms with Gasteiger partial charge in [-0.3, -0.25) is 9.59 Å². The second-order valence-corrected chi connectivity index (χ2v) is 6.57. The van der Waals surface area contributed by atoms with Crippen LogP contribution >= 0.6 is 0 Å². The van der Waals surface area contributed by atoms with Crippen molar-refractivity contribution in [2.75, 3.05) is 17.7 Å². The Morgan fingerprint density at radius 3 is 2.28 bits per heavy atom. The molecule has 0 aliphatic carbocycles. The van der Waals surface area contributed by atoms with Crippen LogP contribution in [0.2, 0.25) is 0 Å². The minimum absolute atomic E-state index is 0.273. The van der Waals surface area contributed by atoms with Gasteiger partial charge < -0.3 is 21.3 Å². The molecule has 5 N–H and O–H groups in total. The molecule has 6 nitrogen and oxygen atoms in total. The summed E-state index contributed by atoms with van der Waals surface area (Å²) in [6.45, 7) is 2.88. The maximum absolute atomic E-state index is 12.3. The van der Waals surface area contributed by atoms with Crippen molar-refractivity contribution in [1.82, 2.24) is 0 Å². The Bertz CT molecular complexity index is 769. The van der Waals surface area contributed by atoms with E-state index in [0.717, 1.165) is 0 Å². The minimum atomic E-state index is -1.33. The quantitative estimate of drug-likeness (QED) is 0.474. The number of hydrogen-bond donors (Lipinski definition) is 4. The standard InChI is InChI=1S/C19H22N2O4/c1-19(2,11-22)17(24)16(23)12-6-8-13(9-7-12)18(25)21-15-5-3-4-14(20)10-15/h3-10,17,22,24H,11,20H2,1-2H3,(H,21,25). The summed E-state index contributed by atoms with van der Waals surface area (Å²) in [5.41, 5.74) is 6.48. The predicted molar refractivity (Wildman–Crippen MR) is 96.5 cm³/mol. The highest BCUT2D eigenvalue weighted by Gasteiger charge is 2.33. The van der Waals surface area contributed by atoms with E-state index in [1.165, 1.54) is 24.3 Å². The van der Waals surface area contributed by atoms with Crippen molar-refractivity contribution in [2.24, 2.45) is 5.41 Å². The molecule has 2 aromatic carbocycles. The van der Waals surface area contributed by atoms with Crippen LogP contribution in [-0.2, 0) is 0 Å². The Morgan fingerprint density at radius 2 is 1.72 bits per heavy atom. The molecule has 2 rings (SSSR count). The van der Waals surface area contributed by atoms with Gasteiger partial charge in [-0.1, -0.05) is 32.0 Å². The number of Topliss-reactive ketones (excluding diaryl/α,β-unsaturated/α-hetero) is 1. The molecular formula is C19H22N2O4. The number of rotatable bonds is 6. The first kappa shape index (κ1) is 18.6. The Balaban J connectivity index is 2.11. The molecule has 132 valence electrons. The first-order chi connectivity index (χ1) is 11.7. The number of aliphatic hydroxyl groups excluding tert-OH is 2. The number of carbonyl (C=O) groups excluding carboxylic acids is 2. The third kappa shape index (κ3) is 4.43. The maximum Gasteiger partial charge on any atom is 0.255 e. The van der Waals surface area contributed by atoms with Gasteiger partial charge in [-0.05, 0) is 30.3 Å². The molecule has 0 aromatic heterocycles. The van der Waals surface area contributed by atoms with Crippen LogP contribution < -0.4 is 11.1 Å². The fraction of sp³-hybridized carbons (Fsp3) is 0.263. The molecule has 2 aromatic rings. The number of aliphatic hydroxyl groups is 2. The highest BCUT2D eigenvalue weighted by molar-refractivity contribution is 6.05. The molecule has 6 heteroatoms. The number of benzene rings is 2. The second kappa shape index (κ2) is 7.46. The van der Waals surface area contributed by atoms with E-state index >= 15 is 0 Å². The van der Waals surface area contributed by atoms with Crippen molar-refractivity contribution in [3.63, 3.8) is 0 Å². The van der Waals surface area contributed by atoms with E-state index in [9.17, 15) is 19.8 Å². The molecule has 0 saturated carbocycles. The van der Waals surface area contributed by atoms with Crippen LogP contribution in [0.15, 0.2) is 48.5 Å². The summed E-state index contributed by atoms with van der Waals surface area (Å²) in [6.07, 6.45) is -1.33. The lowest BCUT2D eigenvalue weighted by Crippen LogP contribution is -2.39. The third-order valence-corrected chi connectivity index (χ3v) is 3.97. The zero-order chi connectivity index (χ0) is 18.6. The first-order valence-corrected chi connectivity index (χ1v) is 7.84. The molecule has 0 aliphatic heterocycles. The lowest BCUT2D eigenvalue weighted by molar-refractivity contribution is 0.0128. The summed E-state index contributed by atoms with van der Waals surface area (Å²) in [5, 5.41) is 22.1. The molecule has 0 heterocycles. The maximum atomic E-state index is 12.3. The van der Waals surface area contributed by atoms with E-state index in [-0.39, 0.29) is 18.1 Å². The summed E-state index contributed by atoms with van der Waals surface area (Å²) in [4.78, 5) is 24.5. The van der Waals surface area contributed by atoms with Gasteiger partial charge in [0.1, 0.15) is 6.10 Å². The van der Waals surface area contributed by atoms with Crippen LogP contribution in [0.3, 0.4) is 0 Å². The highest BCUT2D eigenvalue weighted by atomic mass is 16.3. The Kier molecular flexibility index (Phi) is 5.56. The van der Waals surface area contributed by atoms with Crippen molar-refractivity contribution < 1.29 is 19.8 Å². The van der Waals surface area contributed by atoms with Crippen molar-refractivity contribution >= 4 is 23.1 Å². The smallest absolute Gasteiger partial charge is 0.255 e. The first-order valence-electron chi connectivity index (χ1n) is 7.84. The lowest BCUT2D eigenvalue weighted by Gasteiger charge is -2.27. The summed E-state index contributed by atoms with van der Waals surface area (Å²) in [7, 11) is 0. The molecular weight excluding hydrogens is 320 g/mol. The van der Waals surface area contributed by atoms with E-state index < -0.39 is 17.3 Å². The molecule has 1 atom stereocenters. The van der Waals surface area contributed by atoms with Gasteiger partial charge >= 0.3 is 0 Å². The summed E-state index contributed by atoms with van der Waals surface area (Å²) < 4.78 is 0. The van der Waals surface area contributed by atoms with Crippen molar-refractivity contribution in [1.29, 1.82) is 0 Å². The number of amides is 1. The highest BCUT2D eigenvalue weighted by Crippen LogP contribution is 2.23. The van der Waals surface area contributed by atoms with E-state index in [4.69, 9.17) is 5.73 Å². The number of nitrogen functional groups attached to an aromatic ring is 1. The molecule has 25 heavy (non-hydrogen) atoms.